The average molecular weight is 242 g/mol. The third-order valence-corrected chi connectivity index (χ3v) is 2.45. The van der Waals surface area contributed by atoms with Crippen molar-refractivity contribution in [2.75, 3.05) is 0 Å². The van der Waals surface area contributed by atoms with E-state index in [2.05, 4.69) is 15.9 Å². The van der Waals surface area contributed by atoms with Crippen molar-refractivity contribution in [3.8, 4) is 5.75 Å². The van der Waals surface area contributed by atoms with Crippen molar-refractivity contribution < 1.29 is 5.11 Å². The quantitative estimate of drug-likeness (QED) is 0.690. The number of phenols is 1. The van der Waals surface area contributed by atoms with E-state index in [0.717, 1.165) is 0 Å². The van der Waals surface area contributed by atoms with Gasteiger partial charge in [0.1, 0.15) is 10.8 Å². The third kappa shape index (κ3) is 1.39. The van der Waals surface area contributed by atoms with Crippen LogP contribution in [0.1, 0.15) is 0 Å². The minimum atomic E-state index is -0.0193. The van der Waals surface area contributed by atoms with Crippen LogP contribution in [0.25, 0.3) is 0 Å². The molecule has 0 aliphatic heterocycles. The zero-order chi connectivity index (χ0) is 7.72. The molecule has 0 aromatic heterocycles. The Bertz CT molecular complexity index is 235. The van der Waals surface area contributed by atoms with Crippen LogP contribution in [0, 0.1) is 0 Å². The van der Waals surface area contributed by atoms with Gasteiger partial charge in [-0.2, -0.15) is 0 Å². The predicted octanol–water partition coefficient (Wildman–Crippen LogP) is 3.46. The summed E-state index contributed by atoms with van der Waals surface area (Å²) in [7, 11) is 0. The molecule has 0 saturated heterocycles. The van der Waals surface area contributed by atoms with Crippen LogP contribution in [0.5, 0.6) is 5.75 Å². The number of hydrogen-bond acceptors (Lipinski definition) is 1. The van der Waals surface area contributed by atoms with Gasteiger partial charge in [0, 0.05) is 0 Å². The number of benzene rings is 1. The topological polar surface area (TPSA) is 20.2 Å². The van der Waals surface area contributed by atoms with Crippen molar-refractivity contribution in [1.29, 1.82) is 0 Å². The van der Waals surface area contributed by atoms with Gasteiger partial charge in [0.25, 0.3) is 0 Å². The zero-order valence-corrected chi connectivity index (χ0v) is 7.83. The van der Waals surface area contributed by atoms with E-state index in [1.807, 2.05) is 0 Å². The molecule has 0 heterocycles. The van der Waals surface area contributed by atoms with Gasteiger partial charge in [-0.25, -0.2) is 0 Å². The van der Waals surface area contributed by atoms with Crippen LogP contribution in [0.4, 0.5) is 0 Å². The molecule has 0 bridgehead atoms. The molecule has 1 N–H and O–H groups in total. The Morgan fingerprint density at radius 3 is 2.40 bits per heavy atom. The Hall–Kier alpha value is 0.0800. The lowest BCUT2D eigenvalue weighted by Crippen LogP contribution is -1.72. The summed E-state index contributed by atoms with van der Waals surface area (Å²) in [4.78, 5) is 0. The highest BCUT2D eigenvalue weighted by atomic mass is 79.9. The highest BCUT2D eigenvalue weighted by Gasteiger charge is 2.05. The molecule has 1 rings (SSSR count). The monoisotopic (exact) mass is 240 g/mol. The maximum Gasteiger partial charge on any atom is 0.149 e. The Morgan fingerprint density at radius 2 is 1.90 bits per heavy atom. The smallest absolute Gasteiger partial charge is 0.149 e. The zero-order valence-electron chi connectivity index (χ0n) is 4.74. The SMILES string of the molecule is Oc1c(Br)ccc(Cl)c1Cl. The summed E-state index contributed by atoms with van der Waals surface area (Å²) in [6.07, 6.45) is 0. The van der Waals surface area contributed by atoms with Crippen molar-refractivity contribution in [2.45, 2.75) is 0 Å². The fraction of sp³-hybridized carbons (Fsp3) is 0. The molecule has 1 nitrogen and oxygen atoms in total. The minimum absolute atomic E-state index is 0.0193. The van der Waals surface area contributed by atoms with Crippen LogP contribution in [0.2, 0.25) is 10.0 Å². The summed E-state index contributed by atoms with van der Waals surface area (Å²) in [6, 6.07) is 3.23. The number of aromatic hydroxyl groups is 1. The summed E-state index contributed by atoms with van der Waals surface area (Å²) in [5.74, 6) is -0.0193. The van der Waals surface area contributed by atoms with Gasteiger partial charge < -0.3 is 5.11 Å². The van der Waals surface area contributed by atoms with E-state index in [-0.39, 0.29) is 10.8 Å². The van der Waals surface area contributed by atoms with E-state index in [0.29, 0.717) is 9.50 Å². The van der Waals surface area contributed by atoms with Gasteiger partial charge in [-0.15, -0.1) is 0 Å². The molecule has 1 aromatic carbocycles. The second kappa shape index (κ2) is 2.99. The number of halogens is 3. The standard InChI is InChI=1S/C6H3BrCl2O/c7-3-1-2-4(8)5(9)6(3)10/h1-2,10H. The maximum atomic E-state index is 9.12. The molecule has 0 aliphatic carbocycles. The summed E-state index contributed by atoms with van der Waals surface area (Å²) in [5.41, 5.74) is 0. The Labute approximate surface area is 76.7 Å². The van der Waals surface area contributed by atoms with E-state index in [1.165, 1.54) is 0 Å². The van der Waals surface area contributed by atoms with E-state index >= 15 is 0 Å². The molecule has 10 heavy (non-hydrogen) atoms. The van der Waals surface area contributed by atoms with Crippen molar-refractivity contribution in [1.82, 2.24) is 0 Å². The molecule has 0 radical (unpaired) electrons. The van der Waals surface area contributed by atoms with Crippen LogP contribution >= 0.6 is 39.1 Å². The molecular weight excluding hydrogens is 239 g/mol. The van der Waals surface area contributed by atoms with Gasteiger partial charge in [-0.1, -0.05) is 23.2 Å². The van der Waals surface area contributed by atoms with Crippen LogP contribution < -0.4 is 0 Å². The number of hydrogen-bond donors (Lipinski definition) is 1. The first-order valence-corrected chi connectivity index (χ1v) is 4.00. The average Bonchev–Trinajstić information content (AvgIpc) is 1.93. The van der Waals surface area contributed by atoms with Crippen molar-refractivity contribution in [3.05, 3.63) is 26.7 Å². The van der Waals surface area contributed by atoms with E-state index in [1.54, 1.807) is 12.1 Å². The van der Waals surface area contributed by atoms with Crippen LogP contribution in [-0.2, 0) is 0 Å². The first-order chi connectivity index (χ1) is 4.63. The second-order valence-corrected chi connectivity index (χ2v) is 3.33. The van der Waals surface area contributed by atoms with Crippen molar-refractivity contribution in [3.63, 3.8) is 0 Å². The molecule has 4 heteroatoms. The Morgan fingerprint density at radius 1 is 1.30 bits per heavy atom. The summed E-state index contributed by atoms with van der Waals surface area (Å²) in [5, 5.41) is 9.65. The van der Waals surface area contributed by atoms with Gasteiger partial charge >= 0.3 is 0 Å². The highest BCUT2D eigenvalue weighted by molar-refractivity contribution is 9.10. The maximum absolute atomic E-state index is 9.12. The normalized spacial score (nSPS) is 9.90. The molecule has 0 unspecified atom stereocenters. The van der Waals surface area contributed by atoms with Crippen LogP contribution in [-0.4, -0.2) is 5.11 Å². The van der Waals surface area contributed by atoms with Crippen molar-refractivity contribution in [2.24, 2.45) is 0 Å². The molecule has 1 aromatic rings. The first-order valence-electron chi connectivity index (χ1n) is 2.45. The van der Waals surface area contributed by atoms with Gasteiger partial charge in [-0.05, 0) is 28.1 Å². The summed E-state index contributed by atoms with van der Waals surface area (Å²) >= 11 is 14.2. The molecule has 0 atom stereocenters. The Kier molecular flexibility index (Phi) is 2.45. The molecule has 0 spiro atoms. The van der Waals surface area contributed by atoms with E-state index in [4.69, 9.17) is 28.3 Å². The largest absolute Gasteiger partial charge is 0.505 e. The van der Waals surface area contributed by atoms with Gasteiger partial charge in [0.15, 0.2) is 0 Å². The number of phenolic OH excluding ortho intramolecular Hbond substituents is 1. The van der Waals surface area contributed by atoms with E-state index in [9.17, 15) is 0 Å². The molecule has 0 aliphatic rings. The highest BCUT2D eigenvalue weighted by Crippen LogP contribution is 2.36. The van der Waals surface area contributed by atoms with E-state index < -0.39 is 0 Å². The molecular formula is C6H3BrCl2O. The third-order valence-electron chi connectivity index (χ3n) is 1.02. The summed E-state index contributed by atoms with van der Waals surface area (Å²) < 4.78 is 0.543. The van der Waals surface area contributed by atoms with Gasteiger partial charge in [-0.3, -0.25) is 0 Å². The lowest BCUT2D eigenvalue weighted by atomic mass is 10.3. The van der Waals surface area contributed by atoms with Gasteiger partial charge in [0.2, 0.25) is 0 Å². The first kappa shape index (κ1) is 8.18. The minimum Gasteiger partial charge on any atom is -0.505 e. The summed E-state index contributed by atoms with van der Waals surface area (Å²) in [6.45, 7) is 0. The molecule has 0 amide bonds. The fourth-order valence-corrected chi connectivity index (χ4v) is 1.28. The number of rotatable bonds is 0. The predicted molar refractivity (Wildman–Crippen MR) is 45.8 cm³/mol. The molecule has 0 saturated carbocycles. The fourth-order valence-electron chi connectivity index (χ4n) is 0.516. The van der Waals surface area contributed by atoms with Crippen LogP contribution in [0.15, 0.2) is 16.6 Å². The lowest BCUT2D eigenvalue weighted by Gasteiger charge is -1.99. The lowest BCUT2D eigenvalue weighted by molar-refractivity contribution is 0.472. The van der Waals surface area contributed by atoms with Crippen molar-refractivity contribution >= 4 is 39.1 Å². The molecule has 54 valence electrons. The Balaban J connectivity index is 3.34. The molecule has 0 fully saturated rings. The van der Waals surface area contributed by atoms with Gasteiger partial charge in [0.05, 0.1) is 9.50 Å². The second-order valence-electron chi connectivity index (χ2n) is 1.69. The van der Waals surface area contributed by atoms with Crippen LogP contribution in [0.3, 0.4) is 0 Å².